The largest absolute Gasteiger partial charge is 0.319 e. The molecule has 1 heterocycles. The van der Waals surface area contributed by atoms with Gasteiger partial charge in [0.05, 0.1) is 17.2 Å². The molecule has 3 aromatic rings. The summed E-state index contributed by atoms with van der Waals surface area (Å²) in [5.74, 6) is 0.627. The zero-order chi connectivity index (χ0) is 18.7. The minimum atomic E-state index is -0.182. The highest BCUT2D eigenvalue weighted by Gasteiger charge is 2.12. The highest BCUT2D eigenvalue weighted by Crippen LogP contribution is 2.21. The molecule has 0 fully saturated rings. The van der Waals surface area contributed by atoms with Crippen LogP contribution in [0.4, 0.5) is 0 Å². The van der Waals surface area contributed by atoms with Crippen LogP contribution in [0.5, 0.6) is 0 Å². The number of nitrogens with one attached hydrogen (secondary N) is 1. The fraction of sp³-hybridized carbons (Fsp3) is 0.286. The second-order valence-electron chi connectivity index (χ2n) is 7.40. The van der Waals surface area contributed by atoms with E-state index in [2.05, 4.69) is 48.4 Å². The van der Waals surface area contributed by atoms with Crippen molar-refractivity contribution in [3.63, 3.8) is 0 Å². The van der Waals surface area contributed by atoms with Crippen LogP contribution in [0.3, 0.4) is 0 Å². The predicted molar refractivity (Wildman–Crippen MR) is 105 cm³/mol. The second-order valence-corrected chi connectivity index (χ2v) is 7.40. The molecule has 1 amide bonds. The maximum atomic E-state index is 12.2. The number of fused-ring (bicyclic) bond motifs is 1. The Morgan fingerprint density at radius 1 is 1.15 bits per heavy atom. The number of hydrogen-bond acceptors (Lipinski definition) is 3. The van der Waals surface area contributed by atoms with Gasteiger partial charge in [-0.05, 0) is 35.6 Å². The number of imidazole rings is 1. The molecule has 0 aliphatic carbocycles. The number of hydrogen-bond donors (Lipinski definition) is 1. The molecular formula is C21H24N4O. The second kappa shape index (κ2) is 7.12. The summed E-state index contributed by atoms with van der Waals surface area (Å²) in [6, 6.07) is 16.0. The van der Waals surface area contributed by atoms with Gasteiger partial charge in [-0.1, -0.05) is 57.2 Å². The van der Waals surface area contributed by atoms with E-state index >= 15 is 0 Å². The lowest BCUT2D eigenvalue weighted by Gasteiger charge is -2.18. The van der Waals surface area contributed by atoms with Crippen LogP contribution in [-0.2, 0) is 16.8 Å². The van der Waals surface area contributed by atoms with E-state index in [1.807, 2.05) is 47.9 Å². The van der Waals surface area contributed by atoms with E-state index in [9.17, 15) is 4.79 Å². The van der Waals surface area contributed by atoms with Crippen molar-refractivity contribution in [3.05, 3.63) is 65.5 Å². The maximum Gasteiger partial charge on any atom is 0.260 e. The third-order valence-electron chi connectivity index (χ3n) is 4.33. The quantitative estimate of drug-likeness (QED) is 0.576. The molecule has 0 unspecified atom stereocenters. The van der Waals surface area contributed by atoms with Gasteiger partial charge in [0.25, 0.3) is 5.91 Å². The van der Waals surface area contributed by atoms with E-state index in [0.717, 1.165) is 22.4 Å². The molecule has 0 spiro atoms. The first-order valence-corrected chi connectivity index (χ1v) is 8.69. The lowest BCUT2D eigenvalue weighted by Crippen LogP contribution is -2.23. The van der Waals surface area contributed by atoms with E-state index in [1.54, 1.807) is 6.21 Å². The summed E-state index contributed by atoms with van der Waals surface area (Å²) in [4.78, 5) is 16.7. The first-order valence-electron chi connectivity index (χ1n) is 8.69. The number of nitrogens with zero attached hydrogens (tertiary/aromatic N) is 3. The van der Waals surface area contributed by atoms with Gasteiger partial charge in [0.15, 0.2) is 0 Å². The summed E-state index contributed by atoms with van der Waals surface area (Å²) in [5, 5.41) is 4.07. The van der Waals surface area contributed by atoms with Gasteiger partial charge in [0, 0.05) is 0 Å². The highest BCUT2D eigenvalue weighted by atomic mass is 16.2. The van der Waals surface area contributed by atoms with Crippen molar-refractivity contribution in [2.45, 2.75) is 39.7 Å². The van der Waals surface area contributed by atoms with Gasteiger partial charge >= 0.3 is 0 Å². The molecular weight excluding hydrogens is 324 g/mol. The van der Waals surface area contributed by atoms with E-state index in [-0.39, 0.29) is 17.9 Å². The fourth-order valence-corrected chi connectivity index (χ4v) is 2.82. The van der Waals surface area contributed by atoms with Gasteiger partial charge in [-0.15, -0.1) is 0 Å². The van der Waals surface area contributed by atoms with Crippen LogP contribution in [0.15, 0.2) is 53.6 Å². The van der Waals surface area contributed by atoms with Crippen molar-refractivity contribution >= 4 is 23.2 Å². The van der Waals surface area contributed by atoms with E-state index < -0.39 is 0 Å². The summed E-state index contributed by atoms with van der Waals surface area (Å²) in [6.45, 7) is 8.62. The number of carbonyl (C=O) groups is 1. The van der Waals surface area contributed by atoms with Crippen LogP contribution < -0.4 is 5.43 Å². The molecule has 0 saturated carbocycles. The third kappa shape index (κ3) is 3.99. The zero-order valence-electron chi connectivity index (χ0n) is 15.7. The number of aryl methyl sites for hydroxylation is 1. The molecule has 0 saturated heterocycles. The van der Waals surface area contributed by atoms with Crippen LogP contribution in [0.25, 0.3) is 11.0 Å². The van der Waals surface area contributed by atoms with Gasteiger partial charge in [0.1, 0.15) is 12.4 Å². The zero-order valence-corrected chi connectivity index (χ0v) is 15.7. The average Bonchev–Trinajstić information content (AvgIpc) is 2.90. The van der Waals surface area contributed by atoms with E-state index in [4.69, 9.17) is 0 Å². The molecule has 1 N–H and O–H groups in total. The van der Waals surface area contributed by atoms with Crippen molar-refractivity contribution in [1.82, 2.24) is 15.0 Å². The summed E-state index contributed by atoms with van der Waals surface area (Å²) in [6.07, 6.45) is 1.66. The Morgan fingerprint density at radius 2 is 1.85 bits per heavy atom. The van der Waals surface area contributed by atoms with Crippen LogP contribution >= 0.6 is 0 Å². The van der Waals surface area contributed by atoms with Crippen molar-refractivity contribution in [2.24, 2.45) is 5.10 Å². The molecule has 0 bridgehead atoms. The predicted octanol–water partition coefficient (Wildman–Crippen LogP) is 3.79. The summed E-state index contributed by atoms with van der Waals surface area (Å²) in [5.41, 5.74) is 6.76. The number of aromatic nitrogens is 2. The van der Waals surface area contributed by atoms with Gasteiger partial charge in [-0.2, -0.15) is 5.10 Å². The Balaban J connectivity index is 1.63. The number of para-hydroxylation sites is 2. The molecule has 3 rings (SSSR count). The Kier molecular flexibility index (Phi) is 4.89. The number of benzene rings is 2. The Morgan fingerprint density at radius 3 is 2.54 bits per heavy atom. The monoisotopic (exact) mass is 348 g/mol. The molecule has 1 aromatic heterocycles. The van der Waals surface area contributed by atoms with Gasteiger partial charge in [0.2, 0.25) is 0 Å². The molecule has 0 aliphatic heterocycles. The smallest absolute Gasteiger partial charge is 0.260 e. The van der Waals surface area contributed by atoms with Gasteiger partial charge in [-0.25, -0.2) is 10.4 Å². The van der Waals surface area contributed by atoms with Crippen molar-refractivity contribution < 1.29 is 4.79 Å². The highest BCUT2D eigenvalue weighted by molar-refractivity contribution is 5.83. The average molecular weight is 348 g/mol. The first kappa shape index (κ1) is 17.9. The molecule has 5 heteroatoms. The molecule has 0 aliphatic rings. The molecule has 0 radical (unpaired) electrons. The van der Waals surface area contributed by atoms with E-state index in [0.29, 0.717) is 0 Å². The Labute approximate surface area is 153 Å². The molecule has 134 valence electrons. The van der Waals surface area contributed by atoms with Crippen molar-refractivity contribution in [1.29, 1.82) is 0 Å². The molecule has 26 heavy (non-hydrogen) atoms. The minimum absolute atomic E-state index is 0.120. The van der Waals surface area contributed by atoms with Gasteiger partial charge in [-0.3, -0.25) is 4.79 Å². The number of carbonyl (C=O) groups excluding carboxylic acids is 1. The van der Waals surface area contributed by atoms with Crippen molar-refractivity contribution in [3.8, 4) is 0 Å². The Hall–Kier alpha value is -2.95. The van der Waals surface area contributed by atoms with Crippen LogP contribution in [0.1, 0.15) is 37.7 Å². The third-order valence-corrected chi connectivity index (χ3v) is 4.33. The summed E-state index contributed by atoms with van der Waals surface area (Å²) in [7, 11) is 0. The van der Waals surface area contributed by atoms with Crippen molar-refractivity contribution in [2.75, 3.05) is 0 Å². The lowest BCUT2D eigenvalue weighted by molar-refractivity contribution is -0.121. The molecule has 0 atom stereocenters. The maximum absolute atomic E-state index is 12.2. The van der Waals surface area contributed by atoms with Crippen LogP contribution in [-0.4, -0.2) is 21.7 Å². The summed E-state index contributed by atoms with van der Waals surface area (Å²) >= 11 is 0. The fourth-order valence-electron chi connectivity index (χ4n) is 2.82. The lowest BCUT2D eigenvalue weighted by atomic mass is 9.87. The number of amides is 1. The van der Waals surface area contributed by atoms with E-state index in [1.165, 1.54) is 5.56 Å². The number of hydrazone groups is 1. The number of rotatable bonds is 4. The summed E-state index contributed by atoms with van der Waals surface area (Å²) < 4.78 is 1.89. The van der Waals surface area contributed by atoms with Crippen LogP contribution in [0.2, 0.25) is 0 Å². The molecule has 2 aromatic carbocycles. The minimum Gasteiger partial charge on any atom is -0.319 e. The van der Waals surface area contributed by atoms with Crippen LogP contribution in [0, 0.1) is 6.92 Å². The SMILES string of the molecule is Cc1nc2ccccc2n1CC(=O)N/N=C\c1ccc(C(C)(C)C)cc1. The topological polar surface area (TPSA) is 59.3 Å². The standard InChI is InChI=1S/C21H24N4O/c1-15-23-18-7-5-6-8-19(18)25(15)14-20(26)24-22-13-16-9-11-17(12-10-16)21(2,3)4/h5-13H,14H2,1-4H3,(H,24,26)/b22-13-. The first-order chi connectivity index (χ1) is 12.3. The Bertz CT molecular complexity index is 946. The molecule has 5 nitrogen and oxygen atoms in total. The normalized spacial score (nSPS) is 12.0. The van der Waals surface area contributed by atoms with Gasteiger partial charge < -0.3 is 4.57 Å².